The molecule has 0 rings (SSSR count). The largest absolute Gasteiger partial charge is 0.302 e. The summed E-state index contributed by atoms with van der Waals surface area (Å²) in [6, 6.07) is 0. The van der Waals surface area contributed by atoms with Gasteiger partial charge >= 0.3 is 0 Å². The van der Waals surface area contributed by atoms with Gasteiger partial charge in [0.2, 0.25) is 0 Å². The second-order valence-electron chi connectivity index (χ2n) is 1.45. The molecule has 0 spiro atoms. The molecule has 1 unspecified atom stereocenters. The predicted molar refractivity (Wildman–Crippen MR) is 33.8 cm³/mol. The maximum Gasteiger partial charge on any atom is 0.186 e. The van der Waals surface area contributed by atoms with E-state index in [1.165, 1.54) is 6.92 Å². The molecule has 0 radical (unpaired) electrons. The Balaban J connectivity index is 3.38. The molecule has 0 aromatic carbocycles. The molecule has 0 saturated carbocycles. The lowest BCUT2D eigenvalue weighted by Gasteiger charge is -1.94. The number of thioether (sulfide) groups is 1. The second-order valence-corrected chi connectivity index (χ2v) is 3.00. The zero-order valence-corrected chi connectivity index (χ0v) is 5.70. The van der Waals surface area contributed by atoms with Gasteiger partial charge in [-0.3, -0.25) is 4.79 Å². The van der Waals surface area contributed by atoms with E-state index in [4.69, 9.17) is 0 Å². The van der Waals surface area contributed by atoms with E-state index in [0.717, 1.165) is 18.0 Å². The van der Waals surface area contributed by atoms with E-state index in [1.54, 1.807) is 6.92 Å². The van der Waals surface area contributed by atoms with Crippen LogP contribution in [-0.4, -0.2) is 16.7 Å². The molecule has 0 heterocycles. The molecule has 2 nitrogen and oxygen atoms in total. The van der Waals surface area contributed by atoms with Crippen molar-refractivity contribution >= 4 is 23.2 Å². The van der Waals surface area contributed by atoms with Gasteiger partial charge in [0, 0.05) is 6.92 Å². The third kappa shape index (κ3) is 3.87. The Morgan fingerprint density at radius 1 is 1.75 bits per heavy atom. The first kappa shape index (κ1) is 7.69. The number of carbonyl (C=O) groups excluding carboxylic acids is 2. The maximum absolute atomic E-state index is 10.2. The minimum atomic E-state index is -0.188. The van der Waals surface area contributed by atoms with Crippen LogP contribution in [0.1, 0.15) is 13.8 Å². The summed E-state index contributed by atoms with van der Waals surface area (Å²) in [4.78, 5) is 20.1. The molecule has 46 valence electrons. The van der Waals surface area contributed by atoms with Gasteiger partial charge in [-0.1, -0.05) is 11.8 Å². The van der Waals surface area contributed by atoms with Gasteiger partial charge in [0.05, 0.1) is 5.25 Å². The van der Waals surface area contributed by atoms with E-state index in [0.29, 0.717) is 0 Å². The highest BCUT2D eigenvalue weighted by Gasteiger charge is 2.01. The van der Waals surface area contributed by atoms with Gasteiger partial charge in [0.15, 0.2) is 5.12 Å². The minimum absolute atomic E-state index is 0.00963. The fourth-order valence-corrected chi connectivity index (χ4v) is 0.869. The van der Waals surface area contributed by atoms with Gasteiger partial charge in [-0.15, -0.1) is 0 Å². The zero-order valence-electron chi connectivity index (χ0n) is 4.88. The van der Waals surface area contributed by atoms with Crippen LogP contribution in [0.15, 0.2) is 0 Å². The van der Waals surface area contributed by atoms with E-state index in [1.807, 2.05) is 0 Å². The van der Waals surface area contributed by atoms with Gasteiger partial charge in [-0.05, 0) is 6.92 Å². The Bertz CT molecular complexity index is 101. The van der Waals surface area contributed by atoms with Crippen molar-refractivity contribution in [3.63, 3.8) is 0 Å². The fraction of sp³-hybridized carbons (Fsp3) is 0.600. The fourth-order valence-electron chi connectivity index (χ4n) is 0.290. The Morgan fingerprint density at radius 3 is 2.38 bits per heavy atom. The van der Waals surface area contributed by atoms with Crippen LogP contribution in [-0.2, 0) is 9.59 Å². The molecular weight excluding hydrogens is 124 g/mol. The standard InChI is InChI=1S/C5H8O2S/c1-4(3-6)8-5(2)7/h3-4H,1-2H3. The summed E-state index contributed by atoms with van der Waals surface area (Å²) in [6.07, 6.45) is 0.756. The first-order valence-electron chi connectivity index (χ1n) is 2.29. The van der Waals surface area contributed by atoms with Crippen molar-refractivity contribution in [2.45, 2.75) is 19.1 Å². The van der Waals surface area contributed by atoms with Crippen molar-refractivity contribution in [1.29, 1.82) is 0 Å². The van der Waals surface area contributed by atoms with Crippen molar-refractivity contribution in [3.8, 4) is 0 Å². The molecule has 0 aliphatic rings. The van der Waals surface area contributed by atoms with Crippen molar-refractivity contribution in [2.24, 2.45) is 0 Å². The Kier molecular flexibility index (Phi) is 3.52. The summed E-state index contributed by atoms with van der Waals surface area (Å²) in [5.74, 6) is 0. The predicted octanol–water partition coefficient (Wildman–Crippen LogP) is 0.853. The molecule has 8 heavy (non-hydrogen) atoms. The molecule has 0 aromatic rings. The summed E-state index contributed by atoms with van der Waals surface area (Å²) in [6.45, 7) is 3.14. The maximum atomic E-state index is 10.2. The van der Waals surface area contributed by atoms with E-state index < -0.39 is 0 Å². The highest BCUT2D eigenvalue weighted by Crippen LogP contribution is 2.06. The van der Waals surface area contributed by atoms with Crippen molar-refractivity contribution in [1.82, 2.24) is 0 Å². The number of carbonyl (C=O) groups is 2. The van der Waals surface area contributed by atoms with Gasteiger partial charge in [-0.2, -0.15) is 0 Å². The van der Waals surface area contributed by atoms with Crippen LogP contribution in [0.3, 0.4) is 0 Å². The molecule has 0 aliphatic heterocycles. The second kappa shape index (κ2) is 3.66. The van der Waals surface area contributed by atoms with Crippen molar-refractivity contribution in [2.75, 3.05) is 0 Å². The number of aldehydes is 1. The topological polar surface area (TPSA) is 34.1 Å². The molecule has 0 fully saturated rings. The van der Waals surface area contributed by atoms with Crippen LogP contribution < -0.4 is 0 Å². The van der Waals surface area contributed by atoms with Crippen LogP contribution >= 0.6 is 11.8 Å². The third-order valence-electron chi connectivity index (χ3n) is 0.543. The van der Waals surface area contributed by atoms with Crippen LogP contribution in [0.2, 0.25) is 0 Å². The summed E-state index contributed by atoms with van der Waals surface area (Å²) < 4.78 is 0. The Labute approximate surface area is 52.6 Å². The quantitative estimate of drug-likeness (QED) is 0.522. The smallest absolute Gasteiger partial charge is 0.186 e. The lowest BCUT2D eigenvalue weighted by molar-refractivity contribution is -0.110. The molecule has 0 bridgehead atoms. The number of hydrogen-bond acceptors (Lipinski definition) is 3. The summed E-state index contributed by atoms with van der Waals surface area (Å²) in [5.41, 5.74) is 0. The van der Waals surface area contributed by atoms with Crippen molar-refractivity contribution in [3.05, 3.63) is 0 Å². The van der Waals surface area contributed by atoms with E-state index >= 15 is 0 Å². The Morgan fingerprint density at radius 2 is 2.25 bits per heavy atom. The summed E-state index contributed by atoms with van der Waals surface area (Å²) in [7, 11) is 0. The monoisotopic (exact) mass is 132 g/mol. The zero-order chi connectivity index (χ0) is 6.57. The highest BCUT2D eigenvalue weighted by atomic mass is 32.2. The molecule has 0 saturated heterocycles. The first-order valence-corrected chi connectivity index (χ1v) is 3.17. The van der Waals surface area contributed by atoms with Gasteiger partial charge in [0.25, 0.3) is 0 Å². The number of rotatable bonds is 2. The van der Waals surface area contributed by atoms with Gasteiger partial charge < -0.3 is 4.79 Å². The third-order valence-corrected chi connectivity index (χ3v) is 1.36. The molecule has 0 amide bonds. The van der Waals surface area contributed by atoms with Gasteiger partial charge in [-0.25, -0.2) is 0 Å². The lowest BCUT2D eigenvalue weighted by Crippen LogP contribution is -1.99. The molecular formula is C5H8O2S. The summed E-state index contributed by atoms with van der Waals surface area (Å²) in [5, 5.41) is -0.197. The normalized spacial score (nSPS) is 12.8. The highest BCUT2D eigenvalue weighted by molar-refractivity contribution is 8.14. The molecule has 1 atom stereocenters. The van der Waals surface area contributed by atoms with Gasteiger partial charge in [0.1, 0.15) is 6.29 Å². The van der Waals surface area contributed by atoms with E-state index in [2.05, 4.69) is 0 Å². The first-order chi connectivity index (χ1) is 3.66. The molecule has 0 aliphatic carbocycles. The minimum Gasteiger partial charge on any atom is -0.302 e. The van der Waals surface area contributed by atoms with E-state index in [-0.39, 0.29) is 10.4 Å². The van der Waals surface area contributed by atoms with Crippen molar-refractivity contribution < 1.29 is 9.59 Å². The SMILES string of the molecule is CC(=O)SC(C)C=O. The summed E-state index contributed by atoms with van der Waals surface area (Å²) >= 11 is 1.05. The molecule has 3 heteroatoms. The number of hydrogen-bond donors (Lipinski definition) is 0. The molecule has 0 aromatic heterocycles. The average Bonchev–Trinajstić information content (AvgIpc) is 1.65. The van der Waals surface area contributed by atoms with E-state index in [9.17, 15) is 9.59 Å². The Hall–Kier alpha value is -0.310. The average molecular weight is 132 g/mol. The van der Waals surface area contributed by atoms with Crippen LogP contribution in [0.5, 0.6) is 0 Å². The van der Waals surface area contributed by atoms with Crippen LogP contribution in [0.25, 0.3) is 0 Å². The van der Waals surface area contributed by atoms with Crippen LogP contribution in [0, 0.1) is 0 Å². The lowest BCUT2D eigenvalue weighted by atomic mass is 10.5. The van der Waals surface area contributed by atoms with Crippen LogP contribution in [0.4, 0.5) is 0 Å². The molecule has 0 N–H and O–H groups in total.